The van der Waals surface area contributed by atoms with E-state index in [0.717, 1.165) is 32.0 Å². The molecule has 2 heterocycles. The number of hydrogen-bond donors (Lipinski definition) is 1. The number of ether oxygens (including phenoxy) is 1. The monoisotopic (exact) mass is 293 g/mol. The minimum Gasteiger partial charge on any atom is -0.464 e. The summed E-state index contributed by atoms with van der Waals surface area (Å²) in [5.74, 6) is 1.32. The van der Waals surface area contributed by atoms with Crippen LogP contribution in [0.15, 0.2) is 0 Å². The van der Waals surface area contributed by atoms with Gasteiger partial charge in [-0.25, -0.2) is 0 Å². The Kier molecular flexibility index (Phi) is 5.20. The molecule has 6 heteroatoms. The van der Waals surface area contributed by atoms with E-state index in [1.807, 2.05) is 13.8 Å². The van der Waals surface area contributed by atoms with Gasteiger partial charge in [0.25, 0.3) is 0 Å². The molecule has 0 unspecified atom stereocenters. The first-order valence-corrected chi connectivity index (χ1v) is 7.92. The highest BCUT2D eigenvalue weighted by Gasteiger charge is 2.24. The molecular formula is C15H27N5O. The SMILES string of the molecule is CCNc1nc(OCC)nc(N2CCCC(C)(C)CC2)n1. The zero-order valence-electron chi connectivity index (χ0n) is 13.6. The van der Waals surface area contributed by atoms with E-state index >= 15 is 0 Å². The lowest BCUT2D eigenvalue weighted by Gasteiger charge is -2.23. The summed E-state index contributed by atoms with van der Waals surface area (Å²) in [5.41, 5.74) is 0.398. The normalized spacial score (nSPS) is 18.2. The van der Waals surface area contributed by atoms with Crippen molar-refractivity contribution in [3.63, 3.8) is 0 Å². The predicted octanol–water partition coefficient (Wildman–Crippen LogP) is 2.72. The minimum atomic E-state index is 0.398. The second-order valence-corrected chi connectivity index (χ2v) is 6.21. The van der Waals surface area contributed by atoms with Gasteiger partial charge >= 0.3 is 6.01 Å². The van der Waals surface area contributed by atoms with E-state index in [-0.39, 0.29) is 0 Å². The van der Waals surface area contributed by atoms with E-state index in [1.54, 1.807) is 0 Å². The molecule has 0 aromatic carbocycles. The van der Waals surface area contributed by atoms with E-state index in [2.05, 4.69) is 39.0 Å². The maximum Gasteiger partial charge on any atom is 0.323 e. The fraction of sp³-hybridized carbons (Fsp3) is 0.800. The van der Waals surface area contributed by atoms with E-state index in [4.69, 9.17) is 4.74 Å². The molecule has 6 nitrogen and oxygen atoms in total. The average molecular weight is 293 g/mol. The molecule has 1 aromatic heterocycles. The van der Waals surface area contributed by atoms with E-state index in [9.17, 15) is 0 Å². The third-order valence-electron chi connectivity index (χ3n) is 3.83. The van der Waals surface area contributed by atoms with E-state index in [1.165, 1.54) is 12.8 Å². The van der Waals surface area contributed by atoms with Crippen LogP contribution in [0.1, 0.15) is 47.0 Å². The minimum absolute atomic E-state index is 0.398. The summed E-state index contributed by atoms with van der Waals surface area (Å²) in [6, 6.07) is 0.405. The standard InChI is InChI=1S/C15H27N5O/c1-5-16-12-17-13(19-14(18-12)21-6-2)20-10-7-8-15(3,4)9-11-20/h5-11H2,1-4H3,(H,16,17,18,19). The van der Waals surface area contributed by atoms with Crippen molar-refractivity contribution < 1.29 is 4.74 Å². The highest BCUT2D eigenvalue weighted by atomic mass is 16.5. The van der Waals surface area contributed by atoms with Gasteiger partial charge < -0.3 is 15.0 Å². The summed E-state index contributed by atoms with van der Waals surface area (Å²) in [6.45, 7) is 11.9. The van der Waals surface area contributed by atoms with Crippen LogP contribution in [0, 0.1) is 5.41 Å². The second kappa shape index (κ2) is 6.91. The summed E-state index contributed by atoms with van der Waals surface area (Å²) in [4.78, 5) is 15.5. The molecule has 1 N–H and O–H groups in total. The second-order valence-electron chi connectivity index (χ2n) is 6.21. The first kappa shape index (κ1) is 15.8. The molecule has 1 aliphatic rings. The van der Waals surface area contributed by atoms with Gasteiger partial charge in [0.15, 0.2) is 0 Å². The highest BCUT2D eigenvalue weighted by Crippen LogP contribution is 2.31. The summed E-state index contributed by atoms with van der Waals surface area (Å²) >= 11 is 0. The Balaban J connectivity index is 2.20. The molecule has 0 saturated carbocycles. The lowest BCUT2D eigenvalue weighted by Crippen LogP contribution is -2.27. The lowest BCUT2D eigenvalue weighted by atomic mass is 9.85. The van der Waals surface area contributed by atoms with E-state index in [0.29, 0.717) is 24.0 Å². The van der Waals surface area contributed by atoms with Gasteiger partial charge in [-0.15, -0.1) is 0 Å². The van der Waals surface area contributed by atoms with Gasteiger partial charge in [-0.05, 0) is 38.5 Å². The van der Waals surface area contributed by atoms with Crippen LogP contribution in [-0.4, -0.2) is 41.2 Å². The number of anilines is 2. The zero-order valence-corrected chi connectivity index (χ0v) is 13.6. The molecule has 1 saturated heterocycles. The van der Waals surface area contributed by atoms with Gasteiger partial charge in [-0.2, -0.15) is 15.0 Å². The Morgan fingerprint density at radius 1 is 1.14 bits per heavy atom. The van der Waals surface area contributed by atoms with Gasteiger partial charge in [-0.1, -0.05) is 13.8 Å². The number of aromatic nitrogens is 3. The molecule has 0 bridgehead atoms. The average Bonchev–Trinajstić information content (AvgIpc) is 2.60. The highest BCUT2D eigenvalue weighted by molar-refractivity contribution is 5.38. The topological polar surface area (TPSA) is 63.2 Å². The fourth-order valence-electron chi connectivity index (χ4n) is 2.54. The molecule has 0 atom stereocenters. The van der Waals surface area contributed by atoms with Crippen LogP contribution >= 0.6 is 0 Å². The Labute approximate surface area is 127 Å². The third-order valence-corrected chi connectivity index (χ3v) is 3.83. The van der Waals surface area contributed by atoms with Crippen molar-refractivity contribution in [2.75, 3.05) is 36.5 Å². The molecule has 1 fully saturated rings. The zero-order chi connectivity index (χ0) is 15.3. The first-order valence-electron chi connectivity index (χ1n) is 7.92. The molecule has 21 heavy (non-hydrogen) atoms. The number of nitrogens with one attached hydrogen (secondary N) is 1. The largest absolute Gasteiger partial charge is 0.464 e. The summed E-state index contributed by atoms with van der Waals surface area (Å²) in [6.07, 6.45) is 3.56. The van der Waals surface area contributed by atoms with Crippen LogP contribution in [0.3, 0.4) is 0 Å². The van der Waals surface area contributed by atoms with Crippen molar-refractivity contribution in [2.45, 2.75) is 47.0 Å². The van der Waals surface area contributed by atoms with E-state index < -0.39 is 0 Å². The molecule has 0 radical (unpaired) electrons. The number of rotatable bonds is 5. The molecule has 0 spiro atoms. The van der Waals surface area contributed by atoms with Crippen molar-refractivity contribution in [3.8, 4) is 6.01 Å². The molecule has 2 rings (SSSR count). The van der Waals surface area contributed by atoms with Crippen LogP contribution in [0.5, 0.6) is 6.01 Å². The summed E-state index contributed by atoms with van der Waals surface area (Å²) in [7, 11) is 0. The molecule has 0 amide bonds. The molecule has 0 aliphatic carbocycles. The first-order chi connectivity index (χ1) is 10.0. The van der Waals surface area contributed by atoms with Crippen LogP contribution in [0.25, 0.3) is 0 Å². The molecule has 1 aliphatic heterocycles. The maximum atomic E-state index is 5.47. The molecule has 1 aromatic rings. The lowest BCUT2D eigenvalue weighted by molar-refractivity contribution is 0.311. The van der Waals surface area contributed by atoms with Crippen molar-refractivity contribution in [1.29, 1.82) is 0 Å². The van der Waals surface area contributed by atoms with Gasteiger partial charge in [-0.3, -0.25) is 0 Å². The maximum absolute atomic E-state index is 5.47. The van der Waals surface area contributed by atoms with Crippen molar-refractivity contribution in [3.05, 3.63) is 0 Å². The van der Waals surface area contributed by atoms with Crippen LogP contribution < -0.4 is 15.0 Å². The molecular weight excluding hydrogens is 266 g/mol. The number of hydrogen-bond acceptors (Lipinski definition) is 6. The summed E-state index contributed by atoms with van der Waals surface area (Å²) < 4.78 is 5.47. The van der Waals surface area contributed by atoms with Crippen molar-refractivity contribution in [1.82, 2.24) is 15.0 Å². The summed E-state index contributed by atoms with van der Waals surface area (Å²) in [5, 5.41) is 3.15. The Bertz CT molecular complexity index is 439. The van der Waals surface area contributed by atoms with Crippen LogP contribution in [0.2, 0.25) is 0 Å². The predicted molar refractivity (Wildman–Crippen MR) is 85.0 cm³/mol. The molecule has 118 valence electrons. The van der Waals surface area contributed by atoms with Gasteiger partial charge in [0, 0.05) is 19.6 Å². The fourth-order valence-corrected chi connectivity index (χ4v) is 2.54. The Hall–Kier alpha value is -1.59. The van der Waals surface area contributed by atoms with Gasteiger partial charge in [0.2, 0.25) is 11.9 Å². The van der Waals surface area contributed by atoms with Crippen molar-refractivity contribution >= 4 is 11.9 Å². The Morgan fingerprint density at radius 2 is 1.95 bits per heavy atom. The van der Waals surface area contributed by atoms with Gasteiger partial charge in [0.1, 0.15) is 0 Å². The van der Waals surface area contributed by atoms with Gasteiger partial charge in [0.05, 0.1) is 6.61 Å². The Morgan fingerprint density at radius 3 is 2.67 bits per heavy atom. The smallest absolute Gasteiger partial charge is 0.323 e. The quantitative estimate of drug-likeness (QED) is 0.900. The van der Waals surface area contributed by atoms with Crippen molar-refractivity contribution in [2.24, 2.45) is 5.41 Å². The third kappa shape index (κ3) is 4.44. The van der Waals surface area contributed by atoms with Crippen LogP contribution in [-0.2, 0) is 0 Å². The number of nitrogens with zero attached hydrogens (tertiary/aromatic N) is 4. The van der Waals surface area contributed by atoms with Crippen LogP contribution in [0.4, 0.5) is 11.9 Å².